The first-order valence-corrected chi connectivity index (χ1v) is 19.4. The molecule has 2 unspecified atom stereocenters. The van der Waals surface area contributed by atoms with Crippen LogP contribution in [0.25, 0.3) is 22.3 Å². The number of Topliss-reactive ketones (excluding diaryl/α,β-unsaturated/α-hetero) is 1. The van der Waals surface area contributed by atoms with E-state index in [4.69, 9.17) is 28.7 Å². The molecule has 3 aliphatic heterocycles. The first-order chi connectivity index (χ1) is 23.9. The topological polar surface area (TPSA) is 132 Å². The number of pyridine rings is 2. The zero-order chi connectivity index (χ0) is 34.2. The second-order valence-corrected chi connectivity index (χ2v) is 15.2. The van der Waals surface area contributed by atoms with Gasteiger partial charge >= 0.3 is 12.1 Å². The number of carbonyl (C=O) groups excluding carboxylic acids is 3. The Bertz CT molecular complexity index is 1740. The van der Waals surface area contributed by atoms with E-state index < -0.39 is 17.7 Å². The lowest BCUT2D eigenvalue weighted by Crippen LogP contribution is -2.47. The Labute approximate surface area is 293 Å². The summed E-state index contributed by atoms with van der Waals surface area (Å²) in [6.07, 6.45) is 5.40. The van der Waals surface area contributed by atoms with Crippen LogP contribution in [0.1, 0.15) is 75.0 Å². The maximum absolute atomic E-state index is 13.7. The second kappa shape index (κ2) is 16.5. The lowest BCUT2D eigenvalue weighted by molar-refractivity contribution is -0.175. The molecule has 5 heterocycles. The van der Waals surface area contributed by atoms with Gasteiger partial charge in [-0.1, -0.05) is 53.1 Å². The summed E-state index contributed by atoms with van der Waals surface area (Å²) in [4.78, 5) is 56.6. The highest BCUT2D eigenvalue weighted by molar-refractivity contribution is 8.77. The van der Waals surface area contributed by atoms with E-state index in [0.717, 1.165) is 34.6 Å². The number of rotatable bonds is 17. The molecular formula is C36H42N2O9S2. The van der Waals surface area contributed by atoms with Crippen molar-refractivity contribution in [1.29, 1.82) is 0 Å². The van der Waals surface area contributed by atoms with Crippen LogP contribution in [0.4, 0.5) is 4.79 Å². The summed E-state index contributed by atoms with van der Waals surface area (Å²) in [5.74, 6) is 0.775. The monoisotopic (exact) mass is 710 g/mol. The summed E-state index contributed by atoms with van der Waals surface area (Å²) in [6, 6.07) is 11.4. The summed E-state index contributed by atoms with van der Waals surface area (Å²) < 4.78 is 29.0. The summed E-state index contributed by atoms with van der Waals surface area (Å²) in [5.41, 5.74) is 1.27. The van der Waals surface area contributed by atoms with Crippen molar-refractivity contribution in [3.05, 3.63) is 63.4 Å². The normalized spacial score (nSPS) is 19.3. The van der Waals surface area contributed by atoms with Crippen molar-refractivity contribution >= 4 is 50.4 Å². The molecule has 0 radical (unpaired) electrons. The van der Waals surface area contributed by atoms with Gasteiger partial charge in [-0.3, -0.25) is 9.59 Å². The minimum Gasteiger partial charge on any atom is -0.457 e. The fourth-order valence-electron chi connectivity index (χ4n) is 6.52. The van der Waals surface area contributed by atoms with E-state index in [1.54, 1.807) is 17.6 Å². The number of ether oxygens (including phenoxy) is 5. The number of ketones is 1. The van der Waals surface area contributed by atoms with Gasteiger partial charge in [-0.05, 0) is 50.3 Å². The number of fused-ring (bicyclic) bond motifs is 5. The fraction of sp³-hybridized carbons (Fsp3) is 0.528. The van der Waals surface area contributed by atoms with Crippen molar-refractivity contribution in [3.63, 3.8) is 0 Å². The first-order valence-electron chi connectivity index (χ1n) is 17.0. The van der Waals surface area contributed by atoms with Crippen molar-refractivity contribution in [3.8, 4) is 11.4 Å². The maximum atomic E-state index is 13.7. The summed E-state index contributed by atoms with van der Waals surface area (Å²) in [7, 11) is 3.94. The number of hydrogen-bond donors (Lipinski definition) is 0. The molecule has 3 aliphatic rings. The number of benzene rings is 1. The zero-order valence-corrected chi connectivity index (χ0v) is 29.4. The van der Waals surface area contributed by atoms with E-state index in [-0.39, 0.29) is 42.9 Å². The predicted octanol–water partition coefficient (Wildman–Crippen LogP) is 6.34. The minimum atomic E-state index is -1.84. The zero-order valence-electron chi connectivity index (χ0n) is 27.7. The maximum Gasteiger partial charge on any atom is 0.509 e. The van der Waals surface area contributed by atoms with Gasteiger partial charge in [0.05, 0.1) is 48.8 Å². The molecule has 0 N–H and O–H groups in total. The van der Waals surface area contributed by atoms with E-state index in [2.05, 4.69) is 0 Å². The van der Waals surface area contributed by atoms with Crippen molar-refractivity contribution < 1.29 is 38.1 Å². The molecule has 3 aromatic rings. The van der Waals surface area contributed by atoms with Crippen LogP contribution in [0, 0.1) is 0 Å². The lowest BCUT2D eigenvalue weighted by atomic mass is 9.85. The van der Waals surface area contributed by atoms with Gasteiger partial charge in [0.25, 0.3) is 5.56 Å². The lowest BCUT2D eigenvalue weighted by Gasteiger charge is -2.35. The van der Waals surface area contributed by atoms with Crippen LogP contribution in [0.3, 0.4) is 0 Å². The van der Waals surface area contributed by atoms with E-state index in [1.807, 2.05) is 51.9 Å². The van der Waals surface area contributed by atoms with E-state index in [1.165, 1.54) is 18.6 Å². The SMILES string of the molecule is CCC1(OC(=O)OCCOCCOCCCC(=O)CCCCC2CCSS2)C(=O)OCc2c1cc1n(c2=O)Cc2cc3ccccc3nc2-1. The number of carbonyl (C=O) groups is 3. The molecule has 2 aromatic heterocycles. The standard InChI is InChI=1S/C36H42N2O9S2/c1-2-36(47-35(42)45-18-17-44-16-15-43-14-7-10-26(39)9-4-5-11-27-13-19-48-49-27)29-21-31-32-25(20-24-8-3-6-12-30(24)37-32)22-38(31)33(40)28(29)23-46-34(36)41/h3,6,8,12,20-21,27H,2,4-5,7,9-11,13-19,22-23H2,1H3. The largest absolute Gasteiger partial charge is 0.509 e. The summed E-state index contributed by atoms with van der Waals surface area (Å²) in [6.45, 7) is 2.93. The molecule has 11 nitrogen and oxygen atoms in total. The van der Waals surface area contributed by atoms with E-state index in [0.29, 0.717) is 62.8 Å². The quantitative estimate of drug-likeness (QED) is 0.0689. The van der Waals surface area contributed by atoms with Crippen molar-refractivity contribution in [1.82, 2.24) is 9.55 Å². The molecule has 262 valence electrons. The Hall–Kier alpha value is -3.39. The number of esters is 1. The van der Waals surface area contributed by atoms with Gasteiger partial charge in [0.2, 0.25) is 5.60 Å². The van der Waals surface area contributed by atoms with Crippen molar-refractivity contribution in [2.75, 3.05) is 38.8 Å². The molecule has 1 aromatic carbocycles. The second-order valence-electron chi connectivity index (χ2n) is 12.4. The fourth-order valence-corrected chi connectivity index (χ4v) is 9.54. The van der Waals surface area contributed by atoms with Crippen LogP contribution in [0.5, 0.6) is 0 Å². The first kappa shape index (κ1) is 35.4. The molecule has 49 heavy (non-hydrogen) atoms. The van der Waals surface area contributed by atoms with Gasteiger partial charge in [0.1, 0.15) is 19.0 Å². The van der Waals surface area contributed by atoms with Crippen LogP contribution < -0.4 is 5.56 Å². The van der Waals surface area contributed by atoms with Gasteiger partial charge in [-0.25, -0.2) is 14.6 Å². The molecule has 13 heteroatoms. The Morgan fingerprint density at radius 3 is 2.63 bits per heavy atom. The Balaban J connectivity index is 0.937. The van der Waals surface area contributed by atoms with Crippen LogP contribution >= 0.6 is 21.6 Å². The Kier molecular flexibility index (Phi) is 12.0. The third kappa shape index (κ3) is 8.16. The average molecular weight is 711 g/mol. The minimum absolute atomic E-state index is 0.0350. The van der Waals surface area contributed by atoms with Crippen LogP contribution in [-0.2, 0) is 52.0 Å². The van der Waals surface area contributed by atoms with Gasteiger partial charge in [-0.2, -0.15) is 0 Å². The Morgan fingerprint density at radius 2 is 1.82 bits per heavy atom. The van der Waals surface area contributed by atoms with E-state index >= 15 is 0 Å². The van der Waals surface area contributed by atoms with Gasteiger partial charge < -0.3 is 28.3 Å². The Morgan fingerprint density at radius 1 is 1.02 bits per heavy atom. The van der Waals surface area contributed by atoms with Crippen molar-refractivity contribution in [2.45, 2.75) is 82.3 Å². The smallest absolute Gasteiger partial charge is 0.457 e. The molecule has 0 saturated carbocycles. The highest BCUT2D eigenvalue weighted by atomic mass is 33.1. The highest BCUT2D eigenvalue weighted by Gasteiger charge is 2.51. The predicted molar refractivity (Wildman–Crippen MR) is 188 cm³/mol. The third-order valence-electron chi connectivity index (χ3n) is 9.17. The summed E-state index contributed by atoms with van der Waals surface area (Å²) in [5, 5.41) is 1.73. The third-order valence-corrected chi connectivity index (χ3v) is 12.2. The molecule has 6 rings (SSSR count). The van der Waals surface area contributed by atoms with Crippen LogP contribution in [0.2, 0.25) is 0 Å². The molecular weight excluding hydrogens is 669 g/mol. The molecule has 0 aliphatic carbocycles. The number of nitrogens with zero attached hydrogens (tertiary/aromatic N) is 2. The highest BCUT2D eigenvalue weighted by Crippen LogP contribution is 2.41. The number of para-hydroxylation sites is 1. The number of unbranched alkanes of at least 4 members (excludes halogenated alkanes) is 1. The molecule has 2 atom stereocenters. The molecule has 0 amide bonds. The number of aromatic nitrogens is 2. The average Bonchev–Trinajstić information content (AvgIpc) is 3.76. The molecule has 0 spiro atoms. The summed E-state index contributed by atoms with van der Waals surface area (Å²) >= 11 is 0. The van der Waals surface area contributed by atoms with Gasteiger partial charge in [0.15, 0.2) is 0 Å². The van der Waals surface area contributed by atoms with Crippen LogP contribution in [0.15, 0.2) is 41.2 Å². The van der Waals surface area contributed by atoms with Crippen LogP contribution in [-0.4, -0.2) is 71.5 Å². The van der Waals surface area contributed by atoms with E-state index in [9.17, 15) is 19.2 Å². The molecule has 1 fully saturated rings. The molecule has 1 saturated heterocycles. The number of hydrogen-bond acceptors (Lipinski definition) is 12. The molecule has 0 bridgehead atoms. The van der Waals surface area contributed by atoms with Gasteiger partial charge in [-0.15, -0.1) is 0 Å². The van der Waals surface area contributed by atoms with Gasteiger partial charge in [0, 0.05) is 47.0 Å². The van der Waals surface area contributed by atoms with Crippen molar-refractivity contribution in [2.24, 2.45) is 0 Å². The number of cyclic esters (lactones) is 1.